The van der Waals surface area contributed by atoms with E-state index in [-0.39, 0.29) is 11.5 Å². The SMILES string of the molecule is O=C(O)c1cccc(CNC2CCCN(c3ccccc3F)C2=O)c1. The molecule has 1 amide bonds. The minimum Gasteiger partial charge on any atom is -0.478 e. The maximum atomic E-state index is 14.0. The molecule has 1 saturated heterocycles. The van der Waals surface area contributed by atoms with E-state index < -0.39 is 17.8 Å². The number of anilines is 1. The lowest BCUT2D eigenvalue weighted by Gasteiger charge is -2.33. The lowest BCUT2D eigenvalue weighted by atomic mass is 10.0. The molecule has 0 bridgehead atoms. The summed E-state index contributed by atoms with van der Waals surface area (Å²) < 4.78 is 14.0. The van der Waals surface area contributed by atoms with Gasteiger partial charge in [0.2, 0.25) is 5.91 Å². The molecule has 0 spiro atoms. The van der Waals surface area contributed by atoms with Gasteiger partial charge in [-0.25, -0.2) is 9.18 Å². The monoisotopic (exact) mass is 342 g/mol. The van der Waals surface area contributed by atoms with Crippen molar-refractivity contribution in [3.05, 3.63) is 65.5 Å². The number of nitrogens with one attached hydrogen (secondary N) is 1. The Morgan fingerprint density at radius 1 is 1.24 bits per heavy atom. The molecule has 0 aliphatic carbocycles. The summed E-state index contributed by atoms with van der Waals surface area (Å²) in [6, 6.07) is 12.4. The summed E-state index contributed by atoms with van der Waals surface area (Å²) in [4.78, 5) is 25.2. The minimum absolute atomic E-state index is 0.161. The van der Waals surface area contributed by atoms with E-state index in [2.05, 4.69) is 5.32 Å². The van der Waals surface area contributed by atoms with Gasteiger partial charge >= 0.3 is 5.97 Å². The molecule has 0 aromatic heterocycles. The lowest BCUT2D eigenvalue weighted by molar-refractivity contribution is -0.121. The second kappa shape index (κ2) is 7.44. The van der Waals surface area contributed by atoms with Crippen LogP contribution in [-0.4, -0.2) is 29.6 Å². The number of para-hydroxylation sites is 1. The Balaban J connectivity index is 1.69. The Morgan fingerprint density at radius 3 is 2.80 bits per heavy atom. The summed E-state index contributed by atoms with van der Waals surface area (Å²) in [6.45, 7) is 0.870. The first kappa shape index (κ1) is 17.1. The van der Waals surface area contributed by atoms with Crippen LogP contribution >= 0.6 is 0 Å². The van der Waals surface area contributed by atoms with Crippen molar-refractivity contribution in [2.45, 2.75) is 25.4 Å². The van der Waals surface area contributed by atoms with E-state index in [0.29, 0.717) is 25.2 Å². The molecule has 2 aromatic carbocycles. The standard InChI is InChI=1S/C19H19FN2O3/c20-15-7-1-2-9-17(15)22-10-4-8-16(18(22)23)21-12-13-5-3-6-14(11-13)19(24)25/h1-3,5-7,9,11,16,21H,4,8,10,12H2,(H,24,25). The predicted molar refractivity (Wildman–Crippen MR) is 92.0 cm³/mol. The minimum atomic E-state index is -0.985. The van der Waals surface area contributed by atoms with Crippen molar-refractivity contribution in [1.82, 2.24) is 5.32 Å². The van der Waals surface area contributed by atoms with E-state index in [0.717, 1.165) is 12.0 Å². The van der Waals surface area contributed by atoms with Crippen LogP contribution in [0.2, 0.25) is 0 Å². The number of halogens is 1. The summed E-state index contributed by atoms with van der Waals surface area (Å²) in [7, 11) is 0. The van der Waals surface area contributed by atoms with Gasteiger partial charge in [-0.05, 0) is 42.7 Å². The van der Waals surface area contributed by atoms with Crippen molar-refractivity contribution >= 4 is 17.6 Å². The van der Waals surface area contributed by atoms with Crippen molar-refractivity contribution in [2.75, 3.05) is 11.4 Å². The smallest absolute Gasteiger partial charge is 0.335 e. The van der Waals surface area contributed by atoms with E-state index in [4.69, 9.17) is 5.11 Å². The summed E-state index contributed by atoms with van der Waals surface area (Å²) in [5.74, 6) is -1.56. The second-order valence-corrected chi connectivity index (χ2v) is 6.02. The molecule has 5 nitrogen and oxygen atoms in total. The lowest BCUT2D eigenvalue weighted by Crippen LogP contribution is -2.50. The van der Waals surface area contributed by atoms with Crippen LogP contribution in [0.3, 0.4) is 0 Å². The van der Waals surface area contributed by atoms with Crippen LogP contribution in [0.25, 0.3) is 0 Å². The number of carbonyl (C=O) groups is 2. The Kier molecular flexibility index (Phi) is 5.09. The molecular weight excluding hydrogens is 323 g/mol. The van der Waals surface area contributed by atoms with Gasteiger partial charge in [0.25, 0.3) is 0 Å². The molecule has 2 N–H and O–H groups in total. The van der Waals surface area contributed by atoms with E-state index in [1.807, 2.05) is 0 Å². The molecule has 1 heterocycles. The number of nitrogens with zero attached hydrogens (tertiary/aromatic N) is 1. The Bertz CT molecular complexity index is 794. The van der Waals surface area contributed by atoms with Gasteiger partial charge in [0, 0.05) is 13.1 Å². The van der Waals surface area contributed by atoms with Crippen LogP contribution in [0.1, 0.15) is 28.8 Å². The Morgan fingerprint density at radius 2 is 2.04 bits per heavy atom. The van der Waals surface area contributed by atoms with Crippen molar-refractivity contribution in [1.29, 1.82) is 0 Å². The average molecular weight is 342 g/mol. The number of carboxylic acids is 1. The van der Waals surface area contributed by atoms with Crippen molar-refractivity contribution in [2.24, 2.45) is 0 Å². The topological polar surface area (TPSA) is 69.6 Å². The molecule has 2 aromatic rings. The van der Waals surface area contributed by atoms with E-state index >= 15 is 0 Å². The zero-order valence-electron chi connectivity index (χ0n) is 13.6. The molecule has 1 unspecified atom stereocenters. The number of hydrogen-bond acceptors (Lipinski definition) is 3. The molecule has 3 rings (SSSR count). The van der Waals surface area contributed by atoms with Crippen LogP contribution in [0.15, 0.2) is 48.5 Å². The van der Waals surface area contributed by atoms with Crippen LogP contribution in [0, 0.1) is 5.82 Å². The molecule has 1 fully saturated rings. The number of amides is 1. The molecule has 1 atom stereocenters. The van der Waals surface area contributed by atoms with Crippen LogP contribution < -0.4 is 10.2 Å². The van der Waals surface area contributed by atoms with E-state index in [9.17, 15) is 14.0 Å². The summed E-state index contributed by atoms with van der Waals surface area (Å²) in [6.07, 6.45) is 1.44. The third-order valence-electron chi connectivity index (χ3n) is 4.31. The number of hydrogen-bond donors (Lipinski definition) is 2. The second-order valence-electron chi connectivity index (χ2n) is 6.02. The third kappa shape index (κ3) is 3.85. The quantitative estimate of drug-likeness (QED) is 0.877. The highest BCUT2D eigenvalue weighted by Crippen LogP contribution is 2.24. The summed E-state index contributed by atoms with van der Waals surface area (Å²) in [5, 5.41) is 12.2. The van der Waals surface area contributed by atoms with Gasteiger partial charge in [0.15, 0.2) is 0 Å². The predicted octanol–water partition coefficient (Wildman–Crippen LogP) is 2.81. The zero-order chi connectivity index (χ0) is 17.8. The Hall–Kier alpha value is -2.73. The maximum Gasteiger partial charge on any atom is 0.335 e. The van der Waals surface area contributed by atoms with E-state index in [1.54, 1.807) is 36.4 Å². The summed E-state index contributed by atoms with van der Waals surface area (Å²) in [5.41, 5.74) is 1.30. The van der Waals surface area contributed by atoms with Gasteiger partial charge < -0.3 is 15.3 Å². The van der Waals surface area contributed by atoms with Crippen LogP contribution in [0.5, 0.6) is 0 Å². The van der Waals surface area contributed by atoms with Gasteiger partial charge in [0.1, 0.15) is 5.82 Å². The molecule has 130 valence electrons. The molecule has 6 heteroatoms. The van der Waals surface area contributed by atoms with Crippen molar-refractivity contribution < 1.29 is 19.1 Å². The van der Waals surface area contributed by atoms with Crippen molar-refractivity contribution in [3.63, 3.8) is 0 Å². The van der Waals surface area contributed by atoms with Gasteiger partial charge in [-0.2, -0.15) is 0 Å². The van der Waals surface area contributed by atoms with Gasteiger partial charge in [0.05, 0.1) is 17.3 Å². The number of rotatable bonds is 5. The van der Waals surface area contributed by atoms with Crippen LogP contribution in [-0.2, 0) is 11.3 Å². The maximum absolute atomic E-state index is 14.0. The number of benzene rings is 2. The normalized spacial score (nSPS) is 17.6. The molecule has 0 radical (unpaired) electrons. The molecule has 25 heavy (non-hydrogen) atoms. The number of piperidine rings is 1. The number of aromatic carboxylic acids is 1. The first-order valence-electron chi connectivity index (χ1n) is 8.18. The Labute approximate surface area is 145 Å². The fourth-order valence-electron chi connectivity index (χ4n) is 3.03. The van der Waals surface area contributed by atoms with Crippen molar-refractivity contribution in [3.8, 4) is 0 Å². The first-order chi connectivity index (χ1) is 12.1. The largest absolute Gasteiger partial charge is 0.478 e. The third-order valence-corrected chi connectivity index (χ3v) is 4.31. The van der Waals surface area contributed by atoms with Gasteiger partial charge in [-0.3, -0.25) is 4.79 Å². The fraction of sp³-hybridized carbons (Fsp3) is 0.263. The van der Waals surface area contributed by atoms with Gasteiger partial charge in [-0.1, -0.05) is 24.3 Å². The molecule has 1 aliphatic rings. The number of carboxylic acid groups (broad SMARTS) is 1. The van der Waals surface area contributed by atoms with E-state index in [1.165, 1.54) is 17.0 Å². The summed E-state index contributed by atoms with van der Waals surface area (Å²) >= 11 is 0. The fourth-order valence-corrected chi connectivity index (χ4v) is 3.03. The van der Waals surface area contributed by atoms with Crippen LogP contribution in [0.4, 0.5) is 10.1 Å². The zero-order valence-corrected chi connectivity index (χ0v) is 13.6. The van der Waals surface area contributed by atoms with Gasteiger partial charge in [-0.15, -0.1) is 0 Å². The first-order valence-corrected chi connectivity index (χ1v) is 8.18. The molecule has 1 aliphatic heterocycles. The average Bonchev–Trinajstić information content (AvgIpc) is 2.62. The molecule has 0 saturated carbocycles. The molecular formula is C19H19FN2O3. The number of carbonyl (C=O) groups excluding carboxylic acids is 1. The highest BCUT2D eigenvalue weighted by Gasteiger charge is 2.30. The highest BCUT2D eigenvalue weighted by molar-refractivity contribution is 5.98. The highest BCUT2D eigenvalue weighted by atomic mass is 19.1.